The zero-order chi connectivity index (χ0) is 12.3. The second kappa shape index (κ2) is 4.95. The molecule has 0 aliphatic heterocycles. The molecule has 0 aliphatic carbocycles. The van der Waals surface area contributed by atoms with Crippen LogP contribution in [0, 0.1) is 0 Å². The molecule has 2 aromatic rings. The van der Waals surface area contributed by atoms with Gasteiger partial charge in [-0.05, 0) is 18.4 Å². The molecule has 1 atom stereocenters. The Balaban J connectivity index is 2.33. The molecule has 2 aromatic carbocycles. The Labute approximate surface area is 98.8 Å². The maximum Gasteiger partial charge on any atom is 0.330 e. The van der Waals surface area contributed by atoms with E-state index in [1.54, 1.807) is 6.07 Å². The predicted octanol–water partition coefficient (Wildman–Crippen LogP) is 2.11. The molecular formula is C13H13NO3. The molecule has 0 saturated heterocycles. The van der Waals surface area contributed by atoms with Gasteiger partial charge in [0.05, 0.1) is 0 Å². The van der Waals surface area contributed by atoms with Gasteiger partial charge in [-0.15, -0.1) is 0 Å². The zero-order valence-electron chi connectivity index (χ0n) is 9.38. The molecule has 0 spiro atoms. The van der Waals surface area contributed by atoms with Gasteiger partial charge in [0.25, 0.3) is 0 Å². The van der Waals surface area contributed by atoms with E-state index in [4.69, 9.17) is 9.94 Å². The van der Waals surface area contributed by atoms with Crippen molar-refractivity contribution in [3.63, 3.8) is 0 Å². The summed E-state index contributed by atoms with van der Waals surface area (Å²) >= 11 is 0. The van der Waals surface area contributed by atoms with Crippen molar-refractivity contribution in [2.75, 3.05) is 0 Å². The maximum atomic E-state index is 11.5. The molecule has 0 saturated carbocycles. The van der Waals surface area contributed by atoms with Crippen molar-refractivity contribution in [1.29, 1.82) is 0 Å². The maximum absolute atomic E-state index is 11.5. The number of fused-ring (bicyclic) bond motifs is 1. The lowest BCUT2D eigenvalue weighted by atomic mass is 10.1. The number of ether oxygens (including phenoxy) is 1. The fraction of sp³-hybridized carbons (Fsp3) is 0.154. The highest BCUT2D eigenvalue weighted by Gasteiger charge is 2.14. The minimum Gasteiger partial charge on any atom is -0.425 e. The number of rotatable bonds is 3. The van der Waals surface area contributed by atoms with Gasteiger partial charge in [-0.25, -0.2) is 4.79 Å². The van der Waals surface area contributed by atoms with Crippen LogP contribution in [0.15, 0.2) is 42.5 Å². The lowest BCUT2D eigenvalue weighted by Crippen LogP contribution is -2.34. The van der Waals surface area contributed by atoms with Gasteiger partial charge >= 0.3 is 5.97 Å². The molecule has 2 N–H and O–H groups in total. The van der Waals surface area contributed by atoms with Crippen LogP contribution in [-0.4, -0.2) is 17.2 Å². The van der Waals surface area contributed by atoms with Crippen LogP contribution >= 0.6 is 0 Å². The fourth-order valence-electron chi connectivity index (χ4n) is 1.53. The Morgan fingerprint density at radius 3 is 2.71 bits per heavy atom. The largest absolute Gasteiger partial charge is 0.425 e. The summed E-state index contributed by atoms with van der Waals surface area (Å²) in [7, 11) is 0. The number of benzene rings is 2. The Hall–Kier alpha value is -1.91. The molecule has 0 fully saturated rings. The van der Waals surface area contributed by atoms with E-state index in [9.17, 15) is 4.79 Å². The molecule has 88 valence electrons. The number of esters is 1. The molecule has 4 heteroatoms. The quantitative estimate of drug-likeness (QED) is 0.482. The lowest BCUT2D eigenvalue weighted by Gasteiger charge is -2.10. The topological polar surface area (TPSA) is 58.6 Å². The predicted molar refractivity (Wildman–Crippen MR) is 64.0 cm³/mol. The van der Waals surface area contributed by atoms with E-state index in [-0.39, 0.29) is 0 Å². The van der Waals surface area contributed by atoms with E-state index in [2.05, 4.69) is 0 Å². The summed E-state index contributed by atoms with van der Waals surface area (Å²) in [5.41, 5.74) is 1.86. The van der Waals surface area contributed by atoms with Crippen molar-refractivity contribution in [1.82, 2.24) is 5.48 Å². The third-order valence-corrected chi connectivity index (χ3v) is 2.51. The third kappa shape index (κ3) is 2.43. The average Bonchev–Trinajstić information content (AvgIpc) is 2.38. The Morgan fingerprint density at radius 1 is 1.24 bits per heavy atom. The highest BCUT2D eigenvalue weighted by molar-refractivity contribution is 5.91. The first kappa shape index (κ1) is 11.6. The van der Waals surface area contributed by atoms with E-state index in [0.717, 1.165) is 10.8 Å². The molecule has 0 radical (unpaired) electrons. The third-order valence-electron chi connectivity index (χ3n) is 2.51. The molecular weight excluding hydrogens is 218 g/mol. The molecule has 0 bridgehead atoms. The summed E-state index contributed by atoms with van der Waals surface area (Å²) < 4.78 is 5.22. The summed E-state index contributed by atoms with van der Waals surface area (Å²) in [6, 6.07) is 12.4. The van der Waals surface area contributed by atoms with Gasteiger partial charge in [0.2, 0.25) is 0 Å². The van der Waals surface area contributed by atoms with Crippen molar-refractivity contribution < 1.29 is 14.7 Å². The van der Waals surface area contributed by atoms with E-state index in [1.807, 2.05) is 41.9 Å². The van der Waals surface area contributed by atoms with Crippen molar-refractivity contribution in [3.05, 3.63) is 42.5 Å². The van der Waals surface area contributed by atoms with Gasteiger partial charge in [0, 0.05) is 5.39 Å². The first-order valence-electron chi connectivity index (χ1n) is 5.31. The Morgan fingerprint density at radius 2 is 1.94 bits per heavy atom. The molecule has 0 aromatic heterocycles. The van der Waals surface area contributed by atoms with Crippen molar-refractivity contribution in [2.45, 2.75) is 13.0 Å². The molecule has 0 heterocycles. The molecule has 0 amide bonds. The lowest BCUT2D eigenvalue weighted by molar-refractivity contribution is -0.138. The first-order chi connectivity index (χ1) is 8.22. The summed E-state index contributed by atoms with van der Waals surface area (Å²) in [4.78, 5) is 11.5. The van der Waals surface area contributed by atoms with Crippen LogP contribution in [-0.2, 0) is 4.79 Å². The van der Waals surface area contributed by atoms with E-state index in [1.165, 1.54) is 6.92 Å². The highest BCUT2D eigenvalue weighted by Crippen LogP contribution is 2.25. The first-order valence-corrected chi connectivity index (χ1v) is 5.31. The zero-order valence-corrected chi connectivity index (χ0v) is 9.38. The number of nitrogens with one attached hydrogen (secondary N) is 1. The second-order valence-corrected chi connectivity index (χ2v) is 3.75. The summed E-state index contributed by atoms with van der Waals surface area (Å²) in [6.45, 7) is 1.52. The van der Waals surface area contributed by atoms with E-state index >= 15 is 0 Å². The number of hydroxylamine groups is 1. The van der Waals surface area contributed by atoms with Crippen LogP contribution < -0.4 is 10.2 Å². The van der Waals surface area contributed by atoms with Crippen molar-refractivity contribution in [2.24, 2.45) is 0 Å². The Kier molecular flexibility index (Phi) is 3.37. The van der Waals surface area contributed by atoms with Gasteiger partial charge < -0.3 is 9.94 Å². The molecule has 0 unspecified atom stereocenters. The van der Waals surface area contributed by atoms with Crippen LogP contribution in [0.2, 0.25) is 0 Å². The number of carbonyl (C=O) groups excluding carboxylic acids is 1. The van der Waals surface area contributed by atoms with Crippen LogP contribution in [0.3, 0.4) is 0 Å². The highest BCUT2D eigenvalue weighted by atomic mass is 16.5. The van der Waals surface area contributed by atoms with Crippen molar-refractivity contribution >= 4 is 16.7 Å². The standard InChI is InChI=1S/C13H13NO3/c1-9(14-16)13(15)17-12-8-4-6-10-5-2-3-7-11(10)12/h2-9,14,16H,1H3/t9-/m0/s1. The number of hydrogen-bond donors (Lipinski definition) is 2. The summed E-state index contributed by atoms with van der Waals surface area (Å²) in [5.74, 6) is -0.0287. The van der Waals surface area contributed by atoms with E-state index < -0.39 is 12.0 Å². The van der Waals surface area contributed by atoms with Gasteiger partial charge in [0.15, 0.2) is 0 Å². The summed E-state index contributed by atoms with van der Waals surface area (Å²) in [6.07, 6.45) is 0. The molecule has 4 nitrogen and oxygen atoms in total. The fourth-order valence-corrected chi connectivity index (χ4v) is 1.53. The number of hydrogen-bond acceptors (Lipinski definition) is 4. The van der Waals surface area contributed by atoms with E-state index in [0.29, 0.717) is 5.75 Å². The minimum atomic E-state index is -0.756. The smallest absolute Gasteiger partial charge is 0.330 e. The van der Waals surface area contributed by atoms with Gasteiger partial charge in [0.1, 0.15) is 11.8 Å². The van der Waals surface area contributed by atoms with Crippen LogP contribution in [0.25, 0.3) is 10.8 Å². The monoisotopic (exact) mass is 231 g/mol. The molecule has 2 rings (SSSR count). The normalized spacial score (nSPS) is 12.4. The van der Waals surface area contributed by atoms with Crippen LogP contribution in [0.1, 0.15) is 6.92 Å². The molecule has 0 aliphatic rings. The summed E-state index contributed by atoms with van der Waals surface area (Å²) in [5, 5.41) is 10.5. The van der Waals surface area contributed by atoms with Crippen LogP contribution in [0.5, 0.6) is 5.75 Å². The average molecular weight is 231 g/mol. The van der Waals surface area contributed by atoms with Gasteiger partial charge in [-0.3, -0.25) is 0 Å². The van der Waals surface area contributed by atoms with Gasteiger partial charge in [-0.1, -0.05) is 36.4 Å². The SMILES string of the molecule is C[C@H](NO)C(=O)Oc1cccc2ccccc12. The van der Waals surface area contributed by atoms with Gasteiger partial charge in [-0.2, -0.15) is 5.48 Å². The van der Waals surface area contributed by atoms with Crippen molar-refractivity contribution in [3.8, 4) is 5.75 Å². The number of carbonyl (C=O) groups is 1. The minimum absolute atomic E-state index is 0.496. The van der Waals surface area contributed by atoms with Crippen LogP contribution in [0.4, 0.5) is 0 Å². The second-order valence-electron chi connectivity index (χ2n) is 3.75. The molecule has 17 heavy (non-hydrogen) atoms. The Bertz CT molecular complexity index is 534.